The Morgan fingerprint density at radius 1 is 1.28 bits per heavy atom. The third-order valence-corrected chi connectivity index (χ3v) is 4.50. The molecule has 0 spiro atoms. The summed E-state index contributed by atoms with van der Waals surface area (Å²) < 4.78 is 2.03. The summed E-state index contributed by atoms with van der Waals surface area (Å²) in [5, 5.41) is 5.41. The predicted molar refractivity (Wildman–Crippen MR) is 76.0 cm³/mol. The maximum absolute atomic E-state index is 6.53. The molecule has 2 N–H and O–H groups in total. The second-order valence-electron chi connectivity index (χ2n) is 5.48. The van der Waals surface area contributed by atoms with Crippen LogP contribution in [0.5, 0.6) is 0 Å². The number of aromatic nitrogens is 2. The van der Waals surface area contributed by atoms with E-state index < -0.39 is 0 Å². The van der Waals surface area contributed by atoms with Crippen molar-refractivity contribution in [2.45, 2.75) is 70.9 Å². The van der Waals surface area contributed by atoms with Gasteiger partial charge >= 0.3 is 0 Å². The lowest BCUT2D eigenvalue weighted by Crippen LogP contribution is -2.44. The van der Waals surface area contributed by atoms with Crippen LogP contribution in [0.15, 0.2) is 0 Å². The average molecular weight is 270 g/mol. The molecule has 2 rings (SSSR count). The fourth-order valence-corrected chi connectivity index (χ4v) is 3.29. The summed E-state index contributed by atoms with van der Waals surface area (Å²) in [7, 11) is 0. The zero-order chi connectivity index (χ0) is 13.2. The van der Waals surface area contributed by atoms with Crippen LogP contribution >= 0.6 is 11.6 Å². The Labute approximate surface area is 115 Å². The molecule has 0 saturated heterocycles. The van der Waals surface area contributed by atoms with Gasteiger partial charge in [0, 0.05) is 18.5 Å². The Kier molecular flexibility index (Phi) is 4.33. The van der Waals surface area contributed by atoms with E-state index in [1.165, 1.54) is 19.3 Å². The van der Waals surface area contributed by atoms with Crippen molar-refractivity contribution < 1.29 is 0 Å². The number of rotatable bonds is 4. The highest BCUT2D eigenvalue weighted by Crippen LogP contribution is 2.32. The zero-order valence-electron chi connectivity index (χ0n) is 11.5. The summed E-state index contributed by atoms with van der Waals surface area (Å²) in [5.74, 6) is 0. The SMILES string of the molecule is CCc1nn(CC)c(CC2(N)CCCCC2)c1Cl. The van der Waals surface area contributed by atoms with Crippen LogP contribution in [0.3, 0.4) is 0 Å². The van der Waals surface area contributed by atoms with Crippen molar-refractivity contribution in [2.24, 2.45) is 5.73 Å². The van der Waals surface area contributed by atoms with Crippen LogP contribution < -0.4 is 5.73 Å². The quantitative estimate of drug-likeness (QED) is 0.911. The summed E-state index contributed by atoms with van der Waals surface area (Å²) in [5.41, 5.74) is 8.61. The Morgan fingerprint density at radius 3 is 2.50 bits per heavy atom. The number of nitrogens with two attached hydrogens (primary N) is 1. The van der Waals surface area contributed by atoms with Crippen molar-refractivity contribution >= 4 is 11.6 Å². The average Bonchev–Trinajstić information content (AvgIpc) is 2.67. The fourth-order valence-electron chi connectivity index (χ4n) is 2.95. The van der Waals surface area contributed by atoms with Crippen LogP contribution in [-0.4, -0.2) is 15.3 Å². The lowest BCUT2D eigenvalue weighted by atomic mass is 9.79. The molecule has 1 fully saturated rings. The smallest absolute Gasteiger partial charge is 0.0850 e. The summed E-state index contributed by atoms with van der Waals surface area (Å²) in [4.78, 5) is 0. The Hall–Kier alpha value is -0.540. The van der Waals surface area contributed by atoms with Crippen LogP contribution in [0, 0.1) is 0 Å². The lowest BCUT2D eigenvalue weighted by Gasteiger charge is -2.33. The van der Waals surface area contributed by atoms with Gasteiger partial charge in [-0.1, -0.05) is 37.8 Å². The van der Waals surface area contributed by atoms with Gasteiger partial charge in [-0.15, -0.1) is 0 Å². The normalized spacial score (nSPS) is 19.1. The Morgan fingerprint density at radius 2 is 1.94 bits per heavy atom. The van der Waals surface area contributed by atoms with Gasteiger partial charge in [0.2, 0.25) is 0 Å². The third kappa shape index (κ3) is 2.72. The molecule has 1 aromatic rings. The predicted octanol–water partition coefficient (Wildman–Crippen LogP) is 3.32. The van der Waals surface area contributed by atoms with Gasteiger partial charge in [0.15, 0.2) is 0 Å². The van der Waals surface area contributed by atoms with Crippen molar-refractivity contribution in [1.29, 1.82) is 0 Å². The summed E-state index contributed by atoms with van der Waals surface area (Å²) in [6, 6.07) is 0. The minimum atomic E-state index is -0.0696. The van der Waals surface area contributed by atoms with Crippen LogP contribution in [-0.2, 0) is 19.4 Å². The molecule has 0 amide bonds. The maximum Gasteiger partial charge on any atom is 0.0850 e. The minimum absolute atomic E-state index is 0.0696. The Balaban J connectivity index is 2.24. The van der Waals surface area contributed by atoms with Gasteiger partial charge < -0.3 is 5.73 Å². The van der Waals surface area contributed by atoms with E-state index in [-0.39, 0.29) is 5.54 Å². The van der Waals surface area contributed by atoms with Crippen molar-refractivity contribution in [3.63, 3.8) is 0 Å². The van der Waals surface area contributed by atoms with Gasteiger partial charge in [-0.25, -0.2) is 0 Å². The van der Waals surface area contributed by atoms with Crippen molar-refractivity contribution in [3.05, 3.63) is 16.4 Å². The molecule has 1 aliphatic rings. The first-order valence-corrected chi connectivity index (χ1v) is 7.50. The van der Waals surface area contributed by atoms with E-state index in [2.05, 4.69) is 18.9 Å². The molecule has 1 saturated carbocycles. The van der Waals surface area contributed by atoms with Gasteiger partial charge in [-0.2, -0.15) is 5.10 Å². The van der Waals surface area contributed by atoms with E-state index in [0.29, 0.717) is 0 Å². The second-order valence-corrected chi connectivity index (χ2v) is 5.85. The topological polar surface area (TPSA) is 43.8 Å². The first-order chi connectivity index (χ1) is 8.59. The largest absolute Gasteiger partial charge is 0.325 e. The van der Waals surface area contributed by atoms with Crippen molar-refractivity contribution in [2.75, 3.05) is 0 Å². The highest BCUT2D eigenvalue weighted by molar-refractivity contribution is 6.31. The van der Waals surface area contributed by atoms with E-state index in [0.717, 1.165) is 48.6 Å². The molecule has 0 aromatic carbocycles. The van der Waals surface area contributed by atoms with Crippen LogP contribution in [0.2, 0.25) is 5.02 Å². The molecular weight excluding hydrogens is 246 g/mol. The van der Waals surface area contributed by atoms with E-state index in [1.54, 1.807) is 0 Å². The van der Waals surface area contributed by atoms with E-state index in [9.17, 15) is 0 Å². The highest BCUT2D eigenvalue weighted by Gasteiger charge is 2.30. The third-order valence-electron chi connectivity index (χ3n) is 4.06. The van der Waals surface area contributed by atoms with E-state index in [4.69, 9.17) is 17.3 Å². The summed E-state index contributed by atoms with van der Waals surface area (Å²) >= 11 is 6.45. The zero-order valence-corrected chi connectivity index (χ0v) is 12.3. The van der Waals surface area contributed by atoms with Gasteiger partial charge in [0.05, 0.1) is 16.4 Å². The molecule has 0 radical (unpaired) electrons. The lowest BCUT2D eigenvalue weighted by molar-refractivity contribution is 0.288. The van der Waals surface area contributed by atoms with E-state index >= 15 is 0 Å². The van der Waals surface area contributed by atoms with Gasteiger partial charge in [0.25, 0.3) is 0 Å². The van der Waals surface area contributed by atoms with Crippen molar-refractivity contribution in [3.8, 4) is 0 Å². The highest BCUT2D eigenvalue weighted by atomic mass is 35.5. The summed E-state index contributed by atoms with van der Waals surface area (Å²) in [6.07, 6.45) is 7.78. The monoisotopic (exact) mass is 269 g/mol. The molecule has 18 heavy (non-hydrogen) atoms. The minimum Gasteiger partial charge on any atom is -0.325 e. The summed E-state index contributed by atoms with van der Waals surface area (Å²) in [6.45, 7) is 5.07. The van der Waals surface area contributed by atoms with Crippen LogP contribution in [0.4, 0.5) is 0 Å². The standard InChI is InChI=1S/C14H24ClN3/c1-3-11-13(15)12(18(4-2)17-11)10-14(16)8-6-5-7-9-14/h3-10,16H2,1-2H3. The molecule has 102 valence electrons. The molecule has 1 heterocycles. The first kappa shape index (κ1) is 13.9. The number of nitrogens with zero attached hydrogens (tertiary/aromatic N) is 2. The van der Waals surface area contributed by atoms with Gasteiger partial charge in [-0.3, -0.25) is 4.68 Å². The molecule has 0 aliphatic heterocycles. The molecule has 3 nitrogen and oxygen atoms in total. The van der Waals surface area contributed by atoms with Crippen LogP contribution in [0.1, 0.15) is 57.3 Å². The second kappa shape index (κ2) is 5.62. The van der Waals surface area contributed by atoms with Crippen LogP contribution in [0.25, 0.3) is 0 Å². The maximum atomic E-state index is 6.53. The van der Waals surface area contributed by atoms with Gasteiger partial charge in [-0.05, 0) is 26.2 Å². The molecule has 0 bridgehead atoms. The molecule has 1 aromatic heterocycles. The first-order valence-electron chi connectivity index (χ1n) is 7.12. The molecule has 0 unspecified atom stereocenters. The molecule has 0 atom stereocenters. The molecule has 1 aliphatic carbocycles. The van der Waals surface area contributed by atoms with Gasteiger partial charge in [0.1, 0.15) is 0 Å². The van der Waals surface area contributed by atoms with Crippen molar-refractivity contribution in [1.82, 2.24) is 9.78 Å². The number of hydrogen-bond donors (Lipinski definition) is 1. The Bertz CT molecular complexity index is 405. The molecular formula is C14H24ClN3. The van der Waals surface area contributed by atoms with E-state index in [1.807, 2.05) is 4.68 Å². The molecule has 4 heteroatoms. The number of halogens is 1. The number of aryl methyl sites for hydroxylation is 2. The number of hydrogen-bond acceptors (Lipinski definition) is 2. The fraction of sp³-hybridized carbons (Fsp3) is 0.786.